The Labute approximate surface area is 91.3 Å². The monoisotopic (exact) mass is 237 g/mol. The lowest BCUT2D eigenvalue weighted by atomic mass is 10.3. The fourth-order valence-corrected chi connectivity index (χ4v) is 2.20. The van der Waals surface area contributed by atoms with E-state index in [4.69, 9.17) is 0 Å². The van der Waals surface area contributed by atoms with Gasteiger partial charge < -0.3 is 5.32 Å². The molecule has 1 N–H and O–H groups in total. The molecule has 5 heteroatoms. The highest BCUT2D eigenvalue weighted by atomic mass is 32.1. The first kappa shape index (κ1) is 12.5. The summed E-state index contributed by atoms with van der Waals surface area (Å²) in [6, 6.07) is 2.01. The average molecular weight is 237 g/mol. The summed E-state index contributed by atoms with van der Waals surface area (Å²) in [5.41, 5.74) is 1.20. The van der Waals surface area contributed by atoms with Crippen molar-refractivity contribution in [3.8, 4) is 0 Å². The Kier molecular flexibility index (Phi) is 4.16. The van der Waals surface area contributed by atoms with Gasteiger partial charge in [-0.1, -0.05) is 0 Å². The summed E-state index contributed by atoms with van der Waals surface area (Å²) < 4.78 is 35.4. The Morgan fingerprint density at radius 1 is 1.33 bits per heavy atom. The Morgan fingerprint density at radius 3 is 2.47 bits per heavy atom. The zero-order valence-corrected chi connectivity index (χ0v) is 9.56. The van der Waals surface area contributed by atoms with Gasteiger partial charge in [0, 0.05) is 22.8 Å². The minimum absolute atomic E-state index is 0.0144. The van der Waals surface area contributed by atoms with Crippen LogP contribution >= 0.6 is 11.3 Å². The highest BCUT2D eigenvalue weighted by Gasteiger charge is 2.25. The van der Waals surface area contributed by atoms with Crippen LogP contribution in [0.5, 0.6) is 0 Å². The van der Waals surface area contributed by atoms with Crippen molar-refractivity contribution in [2.45, 2.75) is 33.0 Å². The number of nitrogens with one attached hydrogen (secondary N) is 1. The van der Waals surface area contributed by atoms with E-state index in [1.807, 2.05) is 19.9 Å². The van der Waals surface area contributed by atoms with Crippen LogP contribution in [0.1, 0.15) is 21.7 Å². The van der Waals surface area contributed by atoms with E-state index >= 15 is 0 Å². The Morgan fingerprint density at radius 2 is 2.00 bits per heavy atom. The number of hydrogen-bond donors (Lipinski definition) is 1. The van der Waals surface area contributed by atoms with E-state index in [1.165, 1.54) is 10.4 Å². The fraction of sp³-hybridized carbons (Fsp3) is 0.600. The summed E-state index contributed by atoms with van der Waals surface area (Å²) in [4.78, 5) is 2.31. The SMILES string of the molecule is Cc1cc(CNCCC(F)(F)F)sc1C. The second-order valence-corrected chi connectivity index (χ2v) is 4.83. The minimum Gasteiger partial charge on any atom is -0.312 e. The molecule has 0 unspecified atom stereocenters. The minimum atomic E-state index is -4.06. The zero-order chi connectivity index (χ0) is 11.5. The quantitative estimate of drug-likeness (QED) is 0.791. The van der Waals surface area contributed by atoms with Gasteiger partial charge >= 0.3 is 6.18 Å². The molecule has 86 valence electrons. The molecule has 0 bridgehead atoms. The van der Waals surface area contributed by atoms with Crippen LogP contribution in [0, 0.1) is 13.8 Å². The maximum absolute atomic E-state index is 11.8. The lowest BCUT2D eigenvalue weighted by Gasteiger charge is -2.06. The highest BCUT2D eigenvalue weighted by Crippen LogP contribution is 2.21. The van der Waals surface area contributed by atoms with Crippen LogP contribution in [0.2, 0.25) is 0 Å². The van der Waals surface area contributed by atoms with Gasteiger partial charge in [-0.3, -0.25) is 0 Å². The van der Waals surface area contributed by atoms with Crippen molar-refractivity contribution in [1.82, 2.24) is 5.32 Å². The molecular weight excluding hydrogens is 223 g/mol. The first-order chi connectivity index (χ1) is 6.88. The number of aryl methyl sites for hydroxylation is 2. The van der Waals surface area contributed by atoms with E-state index in [1.54, 1.807) is 11.3 Å². The number of hydrogen-bond acceptors (Lipinski definition) is 2. The van der Waals surface area contributed by atoms with E-state index in [0.717, 1.165) is 4.88 Å². The highest BCUT2D eigenvalue weighted by molar-refractivity contribution is 7.12. The van der Waals surface area contributed by atoms with Crippen LogP contribution < -0.4 is 5.32 Å². The van der Waals surface area contributed by atoms with E-state index in [0.29, 0.717) is 6.54 Å². The molecule has 0 aromatic carbocycles. The Balaban J connectivity index is 2.26. The number of halogens is 3. The zero-order valence-electron chi connectivity index (χ0n) is 8.74. The van der Waals surface area contributed by atoms with Gasteiger partial charge in [-0.2, -0.15) is 13.2 Å². The third kappa shape index (κ3) is 4.66. The molecule has 15 heavy (non-hydrogen) atoms. The standard InChI is InChI=1S/C10H14F3NS/c1-7-5-9(15-8(7)2)6-14-4-3-10(11,12)13/h5,14H,3-4,6H2,1-2H3. The summed E-state index contributed by atoms with van der Waals surface area (Å²) in [6.45, 7) is 4.53. The van der Waals surface area contributed by atoms with Crippen molar-refractivity contribution >= 4 is 11.3 Å². The molecule has 0 aliphatic heterocycles. The van der Waals surface area contributed by atoms with Gasteiger partial charge in [-0.25, -0.2) is 0 Å². The largest absolute Gasteiger partial charge is 0.390 e. The number of alkyl halides is 3. The van der Waals surface area contributed by atoms with Gasteiger partial charge in [0.05, 0.1) is 6.42 Å². The number of thiophene rings is 1. The Bertz CT molecular complexity index is 297. The van der Waals surface area contributed by atoms with E-state index in [2.05, 4.69) is 5.32 Å². The van der Waals surface area contributed by atoms with Gasteiger partial charge in [0.15, 0.2) is 0 Å². The third-order valence-corrected chi connectivity index (χ3v) is 3.25. The molecular formula is C10H14F3NS. The van der Waals surface area contributed by atoms with Crippen molar-refractivity contribution in [2.75, 3.05) is 6.54 Å². The summed E-state index contributed by atoms with van der Waals surface area (Å²) in [6.07, 6.45) is -4.83. The second-order valence-electron chi connectivity index (χ2n) is 3.49. The van der Waals surface area contributed by atoms with Crippen molar-refractivity contribution in [3.63, 3.8) is 0 Å². The smallest absolute Gasteiger partial charge is 0.312 e. The molecule has 0 aliphatic carbocycles. The van der Waals surface area contributed by atoms with Gasteiger partial charge in [-0.15, -0.1) is 11.3 Å². The predicted octanol–water partition coefficient (Wildman–Crippen LogP) is 3.41. The maximum atomic E-state index is 11.8. The normalized spacial score (nSPS) is 12.1. The van der Waals surface area contributed by atoms with Gasteiger partial charge in [0.1, 0.15) is 0 Å². The molecule has 0 fully saturated rings. The molecule has 0 atom stereocenters. The van der Waals surface area contributed by atoms with Crippen molar-refractivity contribution in [3.05, 3.63) is 21.4 Å². The average Bonchev–Trinajstić information content (AvgIpc) is 2.39. The third-order valence-electron chi connectivity index (χ3n) is 2.10. The summed E-state index contributed by atoms with van der Waals surface area (Å²) in [5, 5.41) is 2.79. The first-order valence-corrected chi connectivity index (χ1v) is 5.53. The molecule has 0 spiro atoms. The van der Waals surface area contributed by atoms with E-state index < -0.39 is 12.6 Å². The lowest BCUT2D eigenvalue weighted by Crippen LogP contribution is -2.20. The molecule has 0 saturated heterocycles. The van der Waals surface area contributed by atoms with Gasteiger partial charge in [0.25, 0.3) is 0 Å². The van der Waals surface area contributed by atoms with Gasteiger partial charge in [0.2, 0.25) is 0 Å². The predicted molar refractivity (Wildman–Crippen MR) is 56.2 cm³/mol. The van der Waals surface area contributed by atoms with Crippen molar-refractivity contribution in [1.29, 1.82) is 0 Å². The van der Waals surface area contributed by atoms with Gasteiger partial charge in [-0.05, 0) is 25.5 Å². The molecule has 0 saturated carbocycles. The maximum Gasteiger partial charge on any atom is 0.390 e. The van der Waals surface area contributed by atoms with E-state index in [9.17, 15) is 13.2 Å². The molecule has 0 amide bonds. The molecule has 1 aromatic heterocycles. The first-order valence-electron chi connectivity index (χ1n) is 4.72. The molecule has 0 aliphatic rings. The van der Waals surface area contributed by atoms with Crippen LogP contribution in [-0.4, -0.2) is 12.7 Å². The van der Waals surface area contributed by atoms with Crippen molar-refractivity contribution in [2.24, 2.45) is 0 Å². The molecule has 1 heterocycles. The lowest BCUT2D eigenvalue weighted by molar-refractivity contribution is -0.133. The topological polar surface area (TPSA) is 12.0 Å². The Hall–Kier alpha value is -0.550. The molecule has 1 aromatic rings. The van der Waals surface area contributed by atoms with E-state index in [-0.39, 0.29) is 6.54 Å². The van der Waals surface area contributed by atoms with Crippen LogP contribution in [0.15, 0.2) is 6.07 Å². The summed E-state index contributed by atoms with van der Waals surface area (Å²) in [5.74, 6) is 0. The second kappa shape index (κ2) is 4.99. The van der Waals surface area contributed by atoms with Crippen LogP contribution in [0.25, 0.3) is 0 Å². The van der Waals surface area contributed by atoms with Crippen LogP contribution in [0.4, 0.5) is 13.2 Å². The molecule has 1 rings (SSSR count). The van der Waals surface area contributed by atoms with Crippen LogP contribution in [0.3, 0.4) is 0 Å². The molecule has 1 nitrogen and oxygen atoms in total. The van der Waals surface area contributed by atoms with Crippen molar-refractivity contribution < 1.29 is 13.2 Å². The fourth-order valence-electron chi connectivity index (χ4n) is 1.18. The number of rotatable bonds is 4. The summed E-state index contributed by atoms with van der Waals surface area (Å²) in [7, 11) is 0. The summed E-state index contributed by atoms with van der Waals surface area (Å²) >= 11 is 1.63. The molecule has 0 radical (unpaired) electrons. The van der Waals surface area contributed by atoms with Crippen LogP contribution in [-0.2, 0) is 6.54 Å².